The third-order valence-electron chi connectivity index (χ3n) is 15.9. The van der Waals surface area contributed by atoms with Gasteiger partial charge >= 0.3 is 0 Å². The Labute approximate surface area is 342 Å². The average molecular weight is 755 g/mol. The van der Waals surface area contributed by atoms with Gasteiger partial charge in [-0.3, -0.25) is 0 Å². The molecule has 8 saturated carbocycles. The summed E-state index contributed by atoms with van der Waals surface area (Å²) in [4.78, 5) is 15.7. The second-order valence-electron chi connectivity index (χ2n) is 19.7. The normalized spacial score (nSPS) is 30.1. The van der Waals surface area contributed by atoms with Crippen molar-refractivity contribution in [2.45, 2.75) is 87.9 Å². The zero-order chi connectivity index (χ0) is 38.4. The Morgan fingerprint density at radius 3 is 1.29 bits per heavy atom. The van der Waals surface area contributed by atoms with Crippen LogP contribution in [0.15, 0.2) is 121 Å². The van der Waals surface area contributed by atoms with Crippen molar-refractivity contribution in [1.82, 2.24) is 15.0 Å². The van der Waals surface area contributed by atoms with Crippen molar-refractivity contribution in [3.8, 4) is 62.5 Å². The third kappa shape index (κ3) is 5.87. The standard InChI is InChI=1S/C54H50N4/c55-33-34-6-8-41(9-7-34)45-14-19-48(49(26-45)42-10-15-46(16-11-42)53-27-35-20-36(28-53)22-37(21-35)29-53)52-57-50(43-4-2-1-3-5-43)56-51(58-52)44-12-17-47(18-13-44)54-30-38-23-39(31-54)25-40(24-38)32-54/h1-19,26,35-40H,20-25,27-32H2/t35-,36+,37?,38-,39+,40-,53?,54?. The van der Waals surface area contributed by atoms with Gasteiger partial charge in [-0.05, 0) is 181 Å². The molecule has 0 amide bonds. The molecule has 6 aromatic rings. The van der Waals surface area contributed by atoms with E-state index in [0.29, 0.717) is 33.9 Å². The molecule has 5 aromatic carbocycles. The van der Waals surface area contributed by atoms with Gasteiger partial charge in [-0.1, -0.05) is 97.1 Å². The molecule has 8 aliphatic rings. The molecule has 0 unspecified atom stereocenters. The first-order valence-corrected chi connectivity index (χ1v) is 22.1. The maximum atomic E-state index is 9.50. The van der Waals surface area contributed by atoms with E-state index in [4.69, 9.17) is 15.0 Å². The topological polar surface area (TPSA) is 62.5 Å². The SMILES string of the molecule is N#Cc1ccc(-c2ccc(-c3nc(-c4ccccc4)nc(-c4ccc(C56C[C@H]7C[C@@H](C5)C[C@@H](C6)C7)cc4)n3)c(-c3ccc(C45CC6C[C@H](C4)C[C@@H](C6)C5)cc3)c2)cc1. The zero-order valence-electron chi connectivity index (χ0n) is 33.3. The molecular formula is C54H50N4. The number of aromatic nitrogens is 3. The molecule has 0 aliphatic heterocycles. The van der Waals surface area contributed by atoms with Crippen molar-refractivity contribution >= 4 is 0 Å². The lowest BCUT2D eigenvalue weighted by Gasteiger charge is -2.57. The Hall–Kier alpha value is -5.40. The van der Waals surface area contributed by atoms with E-state index in [1.54, 1.807) is 0 Å². The van der Waals surface area contributed by atoms with Crippen molar-refractivity contribution in [2.75, 3.05) is 0 Å². The summed E-state index contributed by atoms with van der Waals surface area (Å²) in [5, 5.41) is 9.50. The maximum absolute atomic E-state index is 9.50. The van der Waals surface area contributed by atoms with E-state index in [0.717, 1.165) is 68.9 Å². The van der Waals surface area contributed by atoms with Crippen LogP contribution in [0, 0.1) is 46.8 Å². The minimum absolute atomic E-state index is 0.347. The lowest BCUT2D eigenvalue weighted by molar-refractivity contribution is -0.00530. The van der Waals surface area contributed by atoms with Gasteiger partial charge in [-0.15, -0.1) is 0 Å². The molecule has 14 rings (SSSR count). The number of hydrogen-bond acceptors (Lipinski definition) is 4. The number of nitrogens with zero attached hydrogens (tertiary/aromatic N) is 4. The highest BCUT2D eigenvalue weighted by molar-refractivity contribution is 5.86. The first kappa shape index (κ1) is 34.6. The van der Waals surface area contributed by atoms with Crippen molar-refractivity contribution < 1.29 is 0 Å². The molecular weight excluding hydrogens is 705 g/mol. The van der Waals surface area contributed by atoms with E-state index < -0.39 is 0 Å². The second-order valence-corrected chi connectivity index (χ2v) is 19.7. The molecule has 0 saturated heterocycles. The van der Waals surface area contributed by atoms with Gasteiger partial charge in [0.2, 0.25) is 0 Å². The largest absolute Gasteiger partial charge is 0.208 e. The summed E-state index contributed by atoms with van der Waals surface area (Å²) in [5.74, 6) is 7.54. The lowest BCUT2D eigenvalue weighted by Crippen LogP contribution is -2.48. The highest BCUT2D eigenvalue weighted by Gasteiger charge is 2.52. The van der Waals surface area contributed by atoms with Crippen molar-refractivity contribution in [1.29, 1.82) is 5.26 Å². The fraction of sp³-hybridized carbons (Fsp3) is 0.370. The smallest absolute Gasteiger partial charge is 0.164 e. The molecule has 8 aliphatic carbocycles. The summed E-state index contributed by atoms with van der Waals surface area (Å²) >= 11 is 0. The van der Waals surface area contributed by atoms with Crippen molar-refractivity contribution in [3.05, 3.63) is 138 Å². The van der Waals surface area contributed by atoms with E-state index in [2.05, 4.69) is 109 Å². The molecule has 286 valence electrons. The first-order chi connectivity index (χ1) is 28.5. The Balaban J connectivity index is 0.962. The van der Waals surface area contributed by atoms with E-state index in [9.17, 15) is 5.26 Å². The molecule has 0 radical (unpaired) electrons. The summed E-state index contributed by atoms with van der Waals surface area (Å²) in [6.45, 7) is 0. The first-order valence-electron chi connectivity index (χ1n) is 22.1. The second kappa shape index (κ2) is 13.3. The summed E-state index contributed by atoms with van der Waals surface area (Å²) < 4.78 is 0. The fourth-order valence-electron chi connectivity index (χ4n) is 14.1. The monoisotopic (exact) mass is 754 g/mol. The van der Waals surface area contributed by atoms with E-state index in [-0.39, 0.29) is 0 Å². The minimum Gasteiger partial charge on any atom is -0.208 e. The average Bonchev–Trinajstić information content (AvgIpc) is 3.25. The van der Waals surface area contributed by atoms with Crippen molar-refractivity contribution in [3.63, 3.8) is 0 Å². The number of hydrogen-bond donors (Lipinski definition) is 0. The summed E-state index contributed by atoms with van der Waals surface area (Å²) in [7, 11) is 0. The van der Waals surface area contributed by atoms with Crippen LogP contribution < -0.4 is 0 Å². The highest BCUT2D eigenvalue weighted by Crippen LogP contribution is 2.62. The molecule has 8 fully saturated rings. The molecule has 0 N–H and O–H groups in total. The van der Waals surface area contributed by atoms with Crippen LogP contribution in [0.5, 0.6) is 0 Å². The molecule has 1 aromatic heterocycles. The number of benzene rings is 5. The summed E-state index contributed by atoms with van der Waals surface area (Å²) in [6, 6.07) is 46.2. The van der Waals surface area contributed by atoms with Crippen LogP contribution in [0.2, 0.25) is 0 Å². The molecule has 1 heterocycles. The maximum Gasteiger partial charge on any atom is 0.164 e. The molecule has 4 heteroatoms. The predicted octanol–water partition coefficient (Wildman–Crippen LogP) is 13.0. The molecule has 0 spiro atoms. The predicted molar refractivity (Wildman–Crippen MR) is 231 cm³/mol. The summed E-state index contributed by atoms with van der Waals surface area (Å²) in [5.41, 5.74) is 11.9. The Morgan fingerprint density at radius 1 is 0.397 bits per heavy atom. The van der Waals surface area contributed by atoms with Gasteiger partial charge in [0.25, 0.3) is 0 Å². The van der Waals surface area contributed by atoms with E-state index in [1.165, 1.54) is 93.7 Å². The van der Waals surface area contributed by atoms with Crippen LogP contribution in [-0.2, 0) is 10.8 Å². The molecule has 0 atom stereocenters. The molecule has 8 bridgehead atoms. The molecule has 4 nitrogen and oxygen atoms in total. The highest BCUT2D eigenvalue weighted by atomic mass is 15.0. The van der Waals surface area contributed by atoms with Crippen molar-refractivity contribution in [2.24, 2.45) is 35.5 Å². The number of rotatable bonds is 7. The van der Waals surface area contributed by atoms with Gasteiger partial charge in [0, 0.05) is 16.7 Å². The number of nitriles is 1. The quantitative estimate of drug-likeness (QED) is 0.163. The van der Waals surface area contributed by atoms with Crippen LogP contribution >= 0.6 is 0 Å². The summed E-state index contributed by atoms with van der Waals surface area (Å²) in [6.07, 6.45) is 16.9. The fourth-order valence-corrected chi connectivity index (χ4v) is 14.1. The van der Waals surface area contributed by atoms with Gasteiger partial charge < -0.3 is 0 Å². The van der Waals surface area contributed by atoms with E-state index in [1.807, 2.05) is 18.2 Å². The van der Waals surface area contributed by atoms with Crippen LogP contribution in [0.4, 0.5) is 0 Å². The van der Waals surface area contributed by atoms with E-state index >= 15 is 0 Å². The molecule has 58 heavy (non-hydrogen) atoms. The lowest BCUT2D eigenvalue weighted by atomic mass is 9.48. The van der Waals surface area contributed by atoms with Gasteiger partial charge in [-0.25, -0.2) is 15.0 Å². The van der Waals surface area contributed by atoms with Crippen LogP contribution in [0.3, 0.4) is 0 Å². The van der Waals surface area contributed by atoms with Gasteiger partial charge in [0.1, 0.15) is 0 Å². The third-order valence-corrected chi connectivity index (χ3v) is 15.9. The van der Waals surface area contributed by atoms with Crippen LogP contribution in [0.25, 0.3) is 56.4 Å². The van der Waals surface area contributed by atoms with Gasteiger partial charge in [0.15, 0.2) is 17.5 Å². The van der Waals surface area contributed by atoms with Gasteiger partial charge in [0.05, 0.1) is 11.6 Å². The Kier molecular flexibility index (Phi) is 7.95. The van der Waals surface area contributed by atoms with Crippen LogP contribution in [0.1, 0.15) is 93.7 Å². The zero-order valence-corrected chi connectivity index (χ0v) is 33.3. The Bertz CT molecular complexity index is 2490. The Morgan fingerprint density at radius 2 is 0.810 bits per heavy atom. The minimum atomic E-state index is 0.347. The van der Waals surface area contributed by atoms with Gasteiger partial charge in [-0.2, -0.15) is 5.26 Å². The van der Waals surface area contributed by atoms with Crippen LogP contribution in [-0.4, -0.2) is 15.0 Å².